The lowest BCUT2D eigenvalue weighted by Gasteiger charge is -2.15. The van der Waals surface area contributed by atoms with E-state index in [1.807, 2.05) is 32.0 Å². The summed E-state index contributed by atoms with van der Waals surface area (Å²) in [6, 6.07) is 8.58. The second-order valence-corrected chi connectivity index (χ2v) is 7.30. The van der Waals surface area contributed by atoms with Crippen LogP contribution in [0.5, 0.6) is 0 Å². The molecule has 0 saturated carbocycles. The molecule has 1 N–H and O–H groups in total. The second kappa shape index (κ2) is 7.88. The van der Waals surface area contributed by atoms with Gasteiger partial charge < -0.3 is 10.1 Å². The number of nitrogens with zero attached hydrogens (tertiary/aromatic N) is 3. The second-order valence-electron chi connectivity index (χ2n) is 6.89. The van der Waals surface area contributed by atoms with E-state index in [1.165, 1.54) is 4.57 Å². The maximum absolute atomic E-state index is 12.8. The molecule has 0 fully saturated rings. The maximum Gasteiger partial charge on any atom is 0.259 e. The minimum absolute atomic E-state index is 0.200. The highest BCUT2D eigenvalue weighted by Gasteiger charge is 2.15. The van der Waals surface area contributed by atoms with E-state index in [1.54, 1.807) is 25.4 Å². The highest BCUT2D eigenvalue weighted by Crippen LogP contribution is 2.27. The number of aryl methyl sites for hydroxylation is 1. The number of benzene rings is 1. The number of fused-ring (bicyclic) bond motifs is 1. The van der Waals surface area contributed by atoms with Crippen molar-refractivity contribution < 1.29 is 4.79 Å². The number of aromatic nitrogens is 3. The van der Waals surface area contributed by atoms with Gasteiger partial charge in [0.2, 0.25) is 5.95 Å². The van der Waals surface area contributed by atoms with Crippen molar-refractivity contribution in [2.75, 3.05) is 5.32 Å². The maximum atomic E-state index is 12.8. The minimum Gasteiger partial charge on any atom is -0.345 e. The topological polar surface area (TPSA) is 76.9 Å². The molecule has 1 atom stereocenters. The number of carbonyl (C=O) groups excluding carboxylic acids is 1. The van der Waals surface area contributed by atoms with Crippen LogP contribution in [0.1, 0.15) is 20.3 Å². The third-order valence-electron chi connectivity index (χ3n) is 4.32. The molecule has 1 aromatic carbocycles. The van der Waals surface area contributed by atoms with Crippen LogP contribution in [-0.2, 0) is 11.8 Å². The Kier molecular flexibility index (Phi) is 5.56. The molecule has 2 aromatic heterocycles. The van der Waals surface area contributed by atoms with Gasteiger partial charge in [0.25, 0.3) is 5.56 Å². The number of aldehydes is 1. The molecule has 0 spiro atoms. The van der Waals surface area contributed by atoms with Gasteiger partial charge in [-0.25, -0.2) is 4.98 Å². The number of pyridine rings is 1. The van der Waals surface area contributed by atoms with Crippen LogP contribution < -0.4 is 10.9 Å². The Balaban J connectivity index is 2.05. The van der Waals surface area contributed by atoms with Crippen molar-refractivity contribution in [2.24, 2.45) is 13.0 Å². The fourth-order valence-electron chi connectivity index (χ4n) is 3.01. The first-order valence-electron chi connectivity index (χ1n) is 8.74. The summed E-state index contributed by atoms with van der Waals surface area (Å²) in [5.74, 6) is 0.677. The summed E-state index contributed by atoms with van der Waals surface area (Å²) < 4.78 is 1.47. The van der Waals surface area contributed by atoms with E-state index in [0.717, 1.165) is 6.29 Å². The van der Waals surface area contributed by atoms with Gasteiger partial charge in [0.1, 0.15) is 11.9 Å². The summed E-state index contributed by atoms with van der Waals surface area (Å²) in [5, 5.41) is 4.25. The summed E-state index contributed by atoms with van der Waals surface area (Å²) in [6.45, 7) is 4.08. The van der Waals surface area contributed by atoms with Gasteiger partial charge in [-0.15, -0.1) is 0 Å². The van der Waals surface area contributed by atoms with Gasteiger partial charge in [-0.1, -0.05) is 43.6 Å². The van der Waals surface area contributed by atoms with Crippen molar-refractivity contribution in [1.29, 1.82) is 0 Å². The zero-order valence-corrected chi connectivity index (χ0v) is 16.2. The lowest BCUT2D eigenvalue weighted by Crippen LogP contribution is -2.25. The lowest BCUT2D eigenvalue weighted by molar-refractivity contribution is -0.108. The lowest BCUT2D eigenvalue weighted by atomic mass is 10.1. The molecular weight excluding hydrogens is 364 g/mol. The van der Waals surface area contributed by atoms with Gasteiger partial charge in [-0.3, -0.25) is 9.36 Å². The summed E-state index contributed by atoms with van der Waals surface area (Å²) in [6.07, 6.45) is 3.17. The molecule has 0 radical (unpaired) electrons. The van der Waals surface area contributed by atoms with Crippen LogP contribution in [0.25, 0.3) is 22.2 Å². The molecule has 0 amide bonds. The van der Waals surface area contributed by atoms with Gasteiger partial charge in [-0.2, -0.15) is 4.98 Å². The van der Waals surface area contributed by atoms with E-state index >= 15 is 0 Å². The van der Waals surface area contributed by atoms with Crippen LogP contribution in [0.3, 0.4) is 0 Å². The minimum atomic E-state index is -0.373. The molecule has 0 aliphatic heterocycles. The molecule has 0 aliphatic rings. The van der Waals surface area contributed by atoms with E-state index in [9.17, 15) is 9.59 Å². The molecule has 1 unspecified atom stereocenters. The standard InChI is InChI=1S/C20H21ClN4O2/c1-12(2)8-14(11-26)23-20-22-10-13-9-16(15-6-4-5-7-17(15)21)19(27)25(3)18(13)24-20/h4-7,9-12,14H,8H2,1-3H3,(H,22,23,24). The SMILES string of the molecule is CC(C)CC(C=O)Nc1ncc2cc(-c3ccccc3Cl)c(=O)n(C)c2n1. The zero-order valence-electron chi connectivity index (χ0n) is 15.4. The predicted molar refractivity (Wildman–Crippen MR) is 108 cm³/mol. The summed E-state index contributed by atoms with van der Waals surface area (Å²) in [5.41, 5.74) is 1.45. The van der Waals surface area contributed by atoms with E-state index in [4.69, 9.17) is 11.6 Å². The van der Waals surface area contributed by atoms with Crippen molar-refractivity contribution in [3.8, 4) is 11.1 Å². The zero-order chi connectivity index (χ0) is 19.6. The molecule has 0 saturated heterocycles. The number of rotatable bonds is 6. The predicted octanol–water partition coefficient (Wildman–Crippen LogP) is 3.67. The third kappa shape index (κ3) is 4.01. The number of hydrogen-bond acceptors (Lipinski definition) is 5. The quantitative estimate of drug-likeness (QED) is 0.656. The van der Waals surface area contributed by atoms with Crippen molar-refractivity contribution in [2.45, 2.75) is 26.3 Å². The highest BCUT2D eigenvalue weighted by atomic mass is 35.5. The Hall–Kier alpha value is -2.73. The van der Waals surface area contributed by atoms with E-state index < -0.39 is 0 Å². The van der Waals surface area contributed by atoms with Gasteiger partial charge in [0, 0.05) is 34.8 Å². The third-order valence-corrected chi connectivity index (χ3v) is 4.65. The normalized spacial score (nSPS) is 12.3. The average molecular weight is 385 g/mol. The molecule has 27 heavy (non-hydrogen) atoms. The molecule has 3 aromatic rings. The smallest absolute Gasteiger partial charge is 0.259 e. The van der Waals surface area contributed by atoms with Crippen molar-refractivity contribution >= 4 is 34.9 Å². The average Bonchev–Trinajstić information content (AvgIpc) is 2.64. The van der Waals surface area contributed by atoms with Crippen molar-refractivity contribution in [1.82, 2.24) is 14.5 Å². The molecule has 0 aliphatic carbocycles. The first-order valence-corrected chi connectivity index (χ1v) is 9.12. The Labute approximate surface area is 162 Å². The van der Waals surface area contributed by atoms with Crippen molar-refractivity contribution in [3.63, 3.8) is 0 Å². The Morgan fingerprint density at radius 1 is 1.26 bits per heavy atom. The number of carbonyl (C=O) groups is 1. The molecule has 0 bridgehead atoms. The number of nitrogens with one attached hydrogen (secondary N) is 1. The van der Waals surface area contributed by atoms with Crippen LogP contribution in [0.2, 0.25) is 5.02 Å². The summed E-state index contributed by atoms with van der Waals surface area (Å²) in [4.78, 5) is 32.9. The summed E-state index contributed by atoms with van der Waals surface area (Å²) in [7, 11) is 1.66. The molecule has 3 rings (SSSR count). The van der Waals surface area contributed by atoms with E-state index in [-0.39, 0.29) is 11.6 Å². The van der Waals surface area contributed by atoms with Gasteiger partial charge >= 0.3 is 0 Å². The van der Waals surface area contributed by atoms with Crippen molar-refractivity contribution in [3.05, 3.63) is 51.9 Å². The number of halogens is 1. The first-order chi connectivity index (χ1) is 12.9. The molecule has 7 heteroatoms. The van der Waals surface area contributed by atoms with Crippen LogP contribution in [0, 0.1) is 5.92 Å². The fourth-order valence-corrected chi connectivity index (χ4v) is 3.25. The van der Waals surface area contributed by atoms with Gasteiger partial charge in [0.05, 0.1) is 6.04 Å². The fraction of sp³-hybridized carbons (Fsp3) is 0.300. The Bertz CT molecular complexity index is 1050. The first kappa shape index (κ1) is 19.0. The highest BCUT2D eigenvalue weighted by molar-refractivity contribution is 6.33. The van der Waals surface area contributed by atoms with E-state index in [2.05, 4.69) is 15.3 Å². The van der Waals surface area contributed by atoms with Crippen LogP contribution in [0.15, 0.2) is 41.3 Å². The monoisotopic (exact) mass is 384 g/mol. The van der Waals surface area contributed by atoms with Crippen LogP contribution in [0.4, 0.5) is 5.95 Å². The van der Waals surface area contributed by atoms with E-state index in [0.29, 0.717) is 45.5 Å². The molecule has 2 heterocycles. The van der Waals surface area contributed by atoms with Crippen LogP contribution >= 0.6 is 11.6 Å². The largest absolute Gasteiger partial charge is 0.345 e. The number of hydrogen-bond donors (Lipinski definition) is 1. The van der Waals surface area contributed by atoms with Crippen LogP contribution in [-0.4, -0.2) is 26.9 Å². The molecular formula is C20H21ClN4O2. The Morgan fingerprint density at radius 2 is 2.00 bits per heavy atom. The van der Waals surface area contributed by atoms with Gasteiger partial charge in [-0.05, 0) is 24.5 Å². The van der Waals surface area contributed by atoms with Gasteiger partial charge in [0.15, 0.2) is 0 Å². The molecule has 140 valence electrons. The summed E-state index contributed by atoms with van der Waals surface area (Å²) >= 11 is 6.25. The number of anilines is 1. The Morgan fingerprint density at radius 3 is 2.67 bits per heavy atom. The molecule has 6 nitrogen and oxygen atoms in total.